The van der Waals surface area contributed by atoms with Crippen molar-refractivity contribution in [2.24, 2.45) is 0 Å². The lowest BCUT2D eigenvalue weighted by atomic mass is 10.1. The third-order valence-corrected chi connectivity index (χ3v) is 3.01. The maximum atomic E-state index is 10.6. The summed E-state index contributed by atoms with van der Waals surface area (Å²) >= 11 is 17.2. The van der Waals surface area contributed by atoms with E-state index in [4.69, 9.17) is 34.8 Å². The molecule has 0 heterocycles. The Bertz CT molecular complexity index is 354. The molecular weight excluding hydrogens is 248 g/mol. The van der Waals surface area contributed by atoms with Gasteiger partial charge in [0.25, 0.3) is 5.69 Å². The number of hydrogen-bond acceptors (Lipinski definition) is 2. The number of rotatable bonds is 3. The van der Waals surface area contributed by atoms with Gasteiger partial charge in [-0.2, -0.15) is 0 Å². The molecule has 0 spiro atoms. The zero-order valence-corrected chi connectivity index (χ0v) is 9.18. The molecule has 6 heteroatoms. The molecule has 0 amide bonds. The highest BCUT2D eigenvalue weighted by Gasteiger charge is 2.32. The number of hydrogen-bond donors (Lipinski definition) is 0. The van der Waals surface area contributed by atoms with E-state index in [-0.39, 0.29) is 17.1 Å². The first-order valence-electron chi connectivity index (χ1n) is 3.66. The number of nitro groups is 1. The first-order valence-corrected chi connectivity index (χ1v) is 4.96. The van der Waals surface area contributed by atoms with Gasteiger partial charge in [0.1, 0.15) is 0 Å². The summed E-state index contributed by atoms with van der Waals surface area (Å²) in [5.74, 6) is -0.110. The van der Waals surface area contributed by atoms with Crippen LogP contribution in [0.15, 0.2) is 24.3 Å². The maximum absolute atomic E-state index is 10.6. The van der Waals surface area contributed by atoms with Crippen LogP contribution in [0, 0.1) is 10.1 Å². The molecule has 0 saturated carbocycles. The van der Waals surface area contributed by atoms with Gasteiger partial charge in [-0.1, -0.05) is 35.3 Å². The molecule has 0 saturated heterocycles. The number of benzene rings is 1. The summed E-state index contributed by atoms with van der Waals surface area (Å²) in [5, 5.41) is 10.6. The van der Waals surface area contributed by atoms with Crippen LogP contribution in [-0.2, 0) is 4.33 Å². The zero-order chi connectivity index (χ0) is 10.8. The molecule has 76 valence electrons. The van der Waals surface area contributed by atoms with Crippen molar-refractivity contribution in [3.05, 3.63) is 39.9 Å². The molecule has 0 aromatic heterocycles. The lowest BCUT2D eigenvalue weighted by molar-refractivity contribution is -0.385. The molecule has 0 aliphatic carbocycles. The van der Waals surface area contributed by atoms with Crippen molar-refractivity contribution >= 4 is 40.5 Å². The van der Waals surface area contributed by atoms with Gasteiger partial charge < -0.3 is 0 Å². The Hall–Kier alpha value is -0.510. The number of halogens is 3. The van der Waals surface area contributed by atoms with Gasteiger partial charge in [0.15, 0.2) is 4.33 Å². The second-order valence-corrected chi connectivity index (χ2v) is 4.36. The highest BCUT2D eigenvalue weighted by Crippen LogP contribution is 2.39. The summed E-state index contributed by atoms with van der Waals surface area (Å²) in [7, 11) is 0. The summed E-state index contributed by atoms with van der Waals surface area (Å²) < 4.78 is -1.43. The van der Waals surface area contributed by atoms with E-state index in [0.717, 1.165) is 0 Å². The molecule has 1 aromatic carbocycles. The van der Waals surface area contributed by atoms with E-state index >= 15 is 0 Å². The van der Waals surface area contributed by atoms with Gasteiger partial charge in [-0.3, -0.25) is 10.1 Å². The molecule has 0 fully saturated rings. The Balaban J connectivity index is 3.27. The summed E-state index contributed by atoms with van der Waals surface area (Å²) in [6.45, 7) is 0. The standard InChI is InChI=1S/C8H6Cl3NO2/c9-5-8(10,11)6-3-1-2-4-7(6)12(13)14/h1-4H,5H2. The van der Waals surface area contributed by atoms with E-state index in [2.05, 4.69) is 0 Å². The topological polar surface area (TPSA) is 43.1 Å². The Morgan fingerprint density at radius 3 is 2.43 bits per heavy atom. The summed E-state index contributed by atoms with van der Waals surface area (Å²) in [4.78, 5) is 10.1. The molecule has 0 bridgehead atoms. The number of para-hydroxylation sites is 1. The van der Waals surface area contributed by atoms with Crippen molar-refractivity contribution in [2.75, 3.05) is 5.88 Å². The molecule has 14 heavy (non-hydrogen) atoms. The first kappa shape index (κ1) is 11.6. The van der Waals surface area contributed by atoms with Crippen LogP contribution < -0.4 is 0 Å². The van der Waals surface area contributed by atoms with Crippen LogP contribution in [0.2, 0.25) is 0 Å². The average Bonchev–Trinajstić information content (AvgIpc) is 2.18. The van der Waals surface area contributed by atoms with Crippen molar-refractivity contribution in [3.63, 3.8) is 0 Å². The van der Waals surface area contributed by atoms with Crippen molar-refractivity contribution in [1.29, 1.82) is 0 Å². The lowest BCUT2D eigenvalue weighted by Crippen LogP contribution is -2.14. The van der Waals surface area contributed by atoms with Crippen LogP contribution >= 0.6 is 34.8 Å². The second-order valence-electron chi connectivity index (χ2n) is 2.61. The molecule has 0 aliphatic heterocycles. The Labute approximate surface area is 95.7 Å². The number of nitrogens with zero attached hydrogens (tertiary/aromatic N) is 1. The van der Waals surface area contributed by atoms with Gasteiger partial charge in [0, 0.05) is 6.07 Å². The van der Waals surface area contributed by atoms with Gasteiger partial charge in [0.2, 0.25) is 0 Å². The maximum Gasteiger partial charge on any atom is 0.275 e. The average molecular weight is 254 g/mol. The summed E-state index contributed by atoms with van der Waals surface area (Å²) in [6, 6.07) is 5.98. The lowest BCUT2D eigenvalue weighted by Gasteiger charge is -2.15. The highest BCUT2D eigenvalue weighted by molar-refractivity contribution is 6.51. The fraction of sp³-hybridized carbons (Fsp3) is 0.250. The SMILES string of the molecule is O=[N+]([O-])c1ccccc1C(Cl)(Cl)CCl. The zero-order valence-electron chi connectivity index (χ0n) is 6.91. The van der Waals surface area contributed by atoms with E-state index in [1.165, 1.54) is 12.1 Å². The molecule has 0 atom stereocenters. The number of nitro benzene ring substituents is 1. The molecule has 1 aromatic rings. The second kappa shape index (κ2) is 4.34. The normalized spacial score (nSPS) is 11.4. The van der Waals surface area contributed by atoms with E-state index in [1.54, 1.807) is 12.1 Å². The van der Waals surface area contributed by atoms with Gasteiger partial charge in [-0.15, -0.1) is 11.6 Å². The van der Waals surface area contributed by atoms with Gasteiger partial charge in [-0.05, 0) is 6.07 Å². The Kier molecular flexibility index (Phi) is 3.59. The van der Waals surface area contributed by atoms with E-state index in [0.29, 0.717) is 0 Å². The van der Waals surface area contributed by atoms with Gasteiger partial charge in [0.05, 0.1) is 16.4 Å². The molecule has 0 N–H and O–H groups in total. The molecule has 1 rings (SSSR count). The molecular formula is C8H6Cl3NO2. The largest absolute Gasteiger partial charge is 0.275 e. The fourth-order valence-electron chi connectivity index (χ4n) is 1.01. The van der Waals surface area contributed by atoms with E-state index < -0.39 is 9.26 Å². The van der Waals surface area contributed by atoms with Gasteiger partial charge >= 0.3 is 0 Å². The minimum atomic E-state index is -1.43. The molecule has 3 nitrogen and oxygen atoms in total. The van der Waals surface area contributed by atoms with Crippen LogP contribution in [0.4, 0.5) is 5.69 Å². The van der Waals surface area contributed by atoms with Crippen molar-refractivity contribution in [3.8, 4) is 0 Å². The molecule has 0 aliphatic rings. The monoisotopic (exact) mass is 253 g/mol. The van der Waals surface area contributed by atoms with Crippen molar-refractivity contribution in [1.82, 2.24) is 0 Å². The van der Waals surface area contributed by atoms with E-state index in [1.807, 2.05) is 0 Å². The third kappa shape index (κ3) is 2.29. The summed E-state index contributed by atoms with van der Waals surface area (Å²) in [6.07, 6.45) is 0. The van der Waals surface area contributed by atoms with Crippen LogP contribution in [0.5, 0.6) is 0 Å². The predicted octanol–water partition coefficient (Wildman–Crippen LogP) is 3.46. The Morgan fingerprint density at radius 1 is 1.36 bits per heavy atom. The van der Waals surface area contributed by atoms with Crippen LogP contribution in [-0.4, -0.2) is 10.8 Å². The first-order chi connectivity index (χ1) is 6.49. The van der Waals surface area contributed by atoms with E-state index in [9.17, 15) is 10.1 Å². The third-order valence-electron chi connectivity index (χ3n) is 1.66. The minimum absolute atomic E-state index is 0.110. The van der Waals surface area contributed by atoms with Crippen molar-refractivity contribution in [2.45, 2.75) is 4.33 Å². The van der Waals surface area contributed by atoms with Crippen LogP contribution in [0.3, 0.4) is 0 Å². The molecule has 0 radical (unpaired) electrons. The van der Waals surface area contributed by atoms with Crippen molar-refractivity contribution < 1.29 is 4.92 Å². The smallest absolute Gasteiger partial charge is 0.258 e. The Morgan fingerprint density at radius 2 is 1.93 bits per heavy atom. The number of alkyl halides is 3. The summed E-state index contributed by atoms with van der Waals surface area (Å²) in [5.41, 5.74) is 0.0847. The highest BCUT2D eigenvalue weighted by atomic mass is 35.5. The quantitative estimate of drug-likeness (QED) is 0.471. The van der Waals surface area contributed by atoms with Gasteiger partial charge in [-0.25, -0.2) is 0 Å². The molecule has 0 unspecified atom stereocenters. The van der Waals surface area contributed by atoms with Crippen LogP contribution in [0.1, 0.15) is 5.56 Å². The minimum Gasteiger partial charge on any atom is -0.258 e. The predicted molar refractivity (Wildman–Crippen MR) is 57.2 cm³/mol. The van der Waals surface area contributed by atoms with Crippen LogP contribution in [0.25, 0.3) is 0 Å². The fourth-order valence-corrected chi connectivity index (χ4v) is 1.48.